The van der Waals surface area contributed by atoms with Crippen LogP contribution in [0.5, 0.6) is 0 Å². The minimum absolute atomic E-state index is 0.488. The van der Waals surface area contributed by atoms with Gasteiger partial charge < -0.3 is 5.32 Å². The van der Waals surface area contributed by atoms with Gasteiger partial charge in [0.15, 0.2) is 0 Å². The van der Waals surface area contributed by atoms with Gasteiger partial charge in [-0.3, -0.25) is 0 Å². The summed E-state index contributed by atoms with van der Waals surface area (Å²) in [6, 6.07) is 11.2. The van der Waals surface area contributed by atoms with Gasteiger partial charge in [0.05, 0.1) is 6.04 Å². The molecule has 1 nitrogen and oxygen atoms in total. The van der Waals surface area contributed by atoms with Gasteiger partial charge in [-0.05, 0) is 42.0 Å². The Hall–Kier alpha value is -0.800. The Balaban J connectivity index is 1.92. The van der Waals surface area contributed by atoms with E-state index in [-0.39, 0.29) is 0 Å². The minimum Gasteiger partial charge on any atom is -0.377 e. The number of nitrogens with one attached hydrogen (secondary N) is 1. The van der Waals surface area contributed by atoms with Crippen molar-refractivity contribution in [2.24, 2.45) is 0 Å². The van der Waals surface area contributed by atoms with Gasteiger partial charge in [0.1, 0.15) is 0 Å². The highest BCUT2D eigenvalue weighted by atomic mass is 79.9. The van der Waals surface area contributed by atoms with Crippen molar-refractivity contribution in [2.45, 2.75) is 18.9 Å². The highest BCUT2D eigenvalue weighted by molar-refractivity contribution is 9.10. The average Bonchev–Trinajstić information content (AvgIpc) is 2.82. The van der Waals surface area contributed by atoms with Crippen molar-refractivity contribution in [1.29, 1.82) is 0 Å². The molecule has 0 spiro atoms. The zero-order valence-corrected chi connectivity index (χ0v) is 11.1. The monoisotopic (exact) mass is 293 g/mol. The first kappa shape index (κ1) is 10.4. The van der Waals surface area contributed by atoms with E-state index >= 15 is 0 Å². The van der Waals surface area contributed by atoms with Gasteiger partial charge >= 0.3 is 0 Å². The number of anilines is 1. The largest absolute Gasteiger partial charge is 0.377 e. The van der Waals surface area contributed by atoms with Gasteiger partial charge in [-0.2, -0.15) is 0 Å². The molecule has 1 aromatic carbocycles. The Morgan fingerprint density at radius 1 is 1.25 bits per heavy atom. The van der Waals surface area contributed by atoms with Crippen molar-refractivity contribution in [3.8, 4) is 0 Å². The SMILES string of the molecule is Brc1cccc2c1CCC(c1cccs1)N2. The van der Waals surface area contributed by atoms with Gasteiger partial charge in [-0.1, -0.05) is 28.1 Å². The summed E-state index contributed by atoms with van der Waals surface area (Å²) in [5, 5.41) is 5.77. The molecular weight excluding hydrogens is 282 g/mol. The maximum absolute atomic E-state index is 3.62. The molecule has 82 valence electrons. The standard InChI is InChI=1S/C13H12BrNS/c14-10-3-1-4-11-9(10)6-7-12(15-11)13-5-2-8-16-13/h1-5,8,12,15H,6-7H2. The average molecular weight is 294 g/mol. The van der Waals surface area contributed by atoms with E-state index in [0.29, 0.717) is 6.04 Å². The van der Waals surface area contributed by atoms with Crippen LogP contribution in [0.1, 0.15) is 22.9 Å². The number of halogens is 1. The molecule has 1 unspecified atom stereocenters. The predicted octanol–water partition coefficient (Wildman–Crippen LogP) is 4.61. The third-order valence-electron chi connectivity index (χ3n) is 3.02. The van der Waals surface area contributed by atoms with Gasteiger partial charge in [0, 0.05) is 15.0 Å². The molecule has 1 atom stereocenters. The number of thiophene rings is 1. The summed E-state index contributed by atoms with van der Waals surface area (Å²) in [6.07, 6.45) is 2.32. The van der Waals surface area contributed by atoms with Gasteiger partial charge in [0.25, 0.3) is 0 Å². The number of rotatable bonds is 1. The molecule has 0 radical (unpaired) electrons. The number of hydrogen-bond donors (Lipinski definition) is 1. The molecule has 1 aromatic heterocycles. The number of hydrogen-bond acceptors (Lipinski definition) is 2. The second kappa shape index (κ2) is 4.22. The third kappa shape index (κ3) is 1.78. The van der Waals surface area contributed by atoms with Crippen molar-refractivity contribution in [3.05, 3.63) is 50.6 Å². The highest BCUT2D eigenvalue weighted by Crippen LogP contribution is 2.37. The van der Waals surface area contributed by atoms with E-state index < -0.39 is 0 Å². The summed E-state index contributed by atoms with van der Waals surface area (Å²) >= 11 is 5.45. The predicted molar refractivity (Wildman–Crippen MR) is 73.1 cm³/mol. The van der Waals surface area contributed by atoms with E-state index in [2.05, 4.69) is 57.0 Å². The molecule has 0 amide bonds. The molecule has 16 heavy (non-hydrogen) atoms. The van der Waals surface area contributed by atoms with Crippen molar-refractivity contribution >= 4 is 33.0 Å². The van der Waals surface area contributed by atoms with Gasteiger partial charge in [-0.25, -0.2) is 0 Å². The Kier molecular flexibility index (Phi) is 2.74. The quantitative estimate of drug-likeness (QED) is 0.810. The molecule has 2 aromatic rings. The first-order chi connectivity index (χ1) is 7.84. The van der Waals surface area contributed by atoms with Crippen molar-refractivity contribution in [3.63, 3.8) is 0 Å². The van der Waals surface area contributed by atoms with Crippen LogP contribution in [0.2, 0.25) is 0 Å². The molecule has 1 aliphatic rings. The smallest absolute Gasteiger partial charge is 0.0609 e. The van der Waals surface area contributed by atoms with Crippen LogP contribution in [-0.4, -0.2) is 0 Å². The van der Waals surface area contributed by atoms with Gasteiger partial charge in [-0.15, -0.1) is 11.3 Å². The van der Waals surface area contributed by atoms with Crippen LogP contribution in [0.3, 0.4) is 0 Å². The van der Waals surface area contributed by atoms with E-state index in [0.717, 1.165) is 6.42 Å². The lowest BCUT2D eigenvalue weighted by Crippen LogP contribution is -2.17. The summed E-state index contributed by atoms with van der Waals surface area (Å²) in [6.45, 7) is 0. The zero-order chi connectivity index (χ0) is 11.0. The second-order valence-electron chi connectivity index (χ2n) is 4.02. The first-order valence-electron chi connectivity index (χ1n) is 5.42. The van der Waals surface area contributed by atoms with Crippen LogP contribution in [0.4, 0.5) is 5.69 Å². The van der Waals surface area contributed by atoms with E-state index in [1.54, 1.807) is 0 Å². The summed E-state index contributed by atoms with van der Waals surface area (Å²) in [7, 11) is 0. The summed E-state index contributed by atoms with van der Waals surface area (Å²) in [5.74, 6) is 0. The molecule has 1 aliphatic heterocycles. The maximum atomic E-state index is 3.62. The Bertz CT molecular complexity index is 493. The highest BCUT2D eigenvalue weighted by Gasteiger charge is 2.20. The van der Waals surface area contributed by atoms with E-state index in [1.807, 2.05) is 11.3 Å². The Labute approximate surface area is 108 Å². The molecule has 3 rings (SSSR count). The third-order valence-corrected chi connectivity index (χ3v) is 4.75. The molecule has 0 saturated heterocycles. The van der Waals surface area contributed by atoms with Crippen molar-refractivity contribution < 1.29 is 0 Å². The molecule has 1 N–H and O–H groups in total. The fourth-order valence-electron chi connectivity index (χ4n) is 2.20. The molecule has 0 saturated carbocycles. The van der Waals surface area contributed by atoms with Crippen LogP contribution in [0.15, 0.2) is 40.2 Å². The maximum Gasteiger partial charge on any atom is 0.0609 e. The van der Waals surface area contributed by atoms with Crippen LogP contribution in [0.25, 0.3) is 0 Å². The van der Waals surface area contributed by atoms with E-state index in [9.17, 15) is 0 Å². The molecule has 0 aliphatic carbocycles. The zero-order valence-electron chi connectivity index (χ0n) is 8.74. The molecular formula is C13H12BrNS. The van der Waals surface area contributed by atoms with Crippen molar-refractivity contribution in [1.82, 2.24) is 0 Å². The Morgan fingerprint density at radius 3 is 3.00 bits per heavy atom. The van der Waals surface area contributed by atoms with Crippen LogP contribution >= 0.6 is 27.3 Å². The summed E-state index contributed by atoms with van der Waals surface area (Å²) in [5.41, 5.74) is 2.69. The Morgan fingerprint density at radius 2 is 2.19 bits per heavy atom. The van der Waals surface area contributed by atoms with Crippen LogP contribution in [-0.2, 0) is 6.42 Å². The van der Waals surface area contributed by atoms with Crippen molar-refractivity contribution in [2.75, 3.05) is 5.32 Å². The summed E-state index contributed by atoms with van der Waals surface area (Å²) < 4.78 is 1.22. The second-order valence-corrected chi connectivity index (χ2v) is 5.85. The normalized spacial score (nSPS) is 18.9. The van der Waals surface area contributed by atoms with E-state index in [4.69, 9.17) is 0 Å². The topological polar surface area (TPSA) is 12.0 Å². The lowest BCUT2D eigenvalue weighted by atomic mass is 9.97. The lowest BCUT2D eigenvalue weighted by molar-refractivity contribution is 0.676. The molecule has 2 heterocycles. The fourth-order valence-corrected chi connectivity index (χ4v) is 3.58. The molecule has 0 fully saturated rings. The molecule has 3 heteroatoms. The van der Waals surface area contributed by atoms with E-state index in [1.165, 1.54) is 27.0 Å². The fraction of sp³-hybridized carbons (Fsp3) is 0.231. The lowest BCUT2D eigenvalue weighted by Gasteiger charge is -2.27. The number of fused-ring (bicyclic) bond motifs is 1. The first-order valence-corrected chi connectivity index (χ1v) is 7.09. The van der Waals surface area contributed by atoms with Gasteiger partial charge in [0.2, 0.25) is 0 Å². The number of benzene rings is 1. The molecule has 0 bridgehead atoms. The summed E-state index contributed by atoms with van der Waals surface area (Å²) in [4.78, 5) is 1.44. The van der Waals surface area contributed by atoms with Crippen LogP contribution < -0.4 is 5.32 Å². The minimum atomic E-state index is 0.488. The van der Waals surface area contributed by atoms with Crippen LogP contribution in [0, 0.1) is 0 Å².